The molecule has 3 rings (SSSR count). The molecule has 1 saturated carbocycles. The number of amides is 3. The van der Waals surface area contributed by atoms with Crippen molar-refractivity contribution in [3.63, 3.8) is 0 Å². The first-order chi connectivity index (χ1) is 15.1. The van der Waals surface area contributed by atoms with Gasteiger partial charge in [-0.1, -0.05) is 6.07 Å². The number of nitrogens with zero attached hydrogens (tertiary/aromatic N) is 1. The van der Waals surface area contributed by atoms with Crippen LogP contribution in [-0.4, -0.2) is 34.5 Å². The summed E-state index contributed by atoms with van der Waals surface area (Å²) in [5.41, 5.74) is 2.47. The summed E-state index contributed by atoms with van der Waals surface area (Å²) in [4.78, 5) is 29.1. The molecule has 0 bridgehead atoms. The van der Waals surface area contributed by atoms with Gasteiger partial charge in [-0.15, -0.1) is 11.3 Å². The normalized spacial score (nSPS) is 18.7. The van der Waals surface area contributed by atoms with Crippen molar-refractivity contribution in [3.8, 4) is 5.75 Å². The van der Waals surface area contributed by atoms with Crippen LogP contribution in [-0.2, 0) is 6.61 Å². The van der Waals surface area contributed by atoms with Crippen molar-refractivity contribution in [2.75, 3.05) is 0 Å². The SMILES string of the molecule is Cc1cc(C)cc(OCc2nc(C(=O)NC3CCC(NC(=O)NC(C)(C)C)CC3)cs2)c1. The lowest BCUT2D eigenvalue weighted by Gasteiger charge is -2.30. The minimum Gasteiger partial charge on any atom is -0.486 e. The number of urea groups is 1. The van der Waals surface area contributed by atoms with Crippen LogP contribution in [0.2, 0.25) is 0 Å². The molecule has 0 unspecified atom stereocenters. The molecule has 0 atom stereocenters. The second-order valence-corrected chi connectivity index (χ2v) is 10.6. The van der Waals surface area contributed by atoms with Gasteiger partial charge in [0.25, 0.3) is 5.91 Å². The van der Waals surface area contributed by atoms with E-state index < -0.39 is 0 Å². The highest BCUT2D eigenvalue weighted by atomic mass is 32.1. The second-order valence-electron chi connectivity index (χ2n) is 9.61. The third-order valence-corrected chi connectivity index (χ3v) is 6.05. The van der Waals surface area contributed by atoms with Crippen LogP contribution >= 0.6 is 11.3 Å². The standard InChI is InChI=1S/C24H34N4O3S/c1-15-10-16(2)12-19(11-15)31-13-21-27-20(14-32-21)22(29)25-17-6-8-18(9-7-17)26-23(30)28-24(3,4)5/h10-12,14,17-18H,6-9,13H2,1-5H3,(H,25,29)(H2,26,28,30). The van der Waals surface area contributed by atoms with Crippen LogP contribution in [0.15, 0.2) is 23.6 Å². The maximum absolute atomic E-state index is 12.6. The number of hydrogen-bond acceptors (Lipinski definition) is 5. The van der Waals surface area contributed by atoms with Gasteiger partial charge in [0.1, 0.15) is 23.1 Å². The van der Waals surface area contributed by atoms with Gasteiger partial charge in [0, 0.05) is 23.0 Å². The van der Waals surface area contributed by atoms with Crippen molar-refractivity contribution in [2.24, 2.45) is 0 Å². The lowest BCUT2D eigenvalue weighted by Crippen LogP contribution is -2.51. The van der Waals surface area contributed by atoms with Crippen LogP contribution in [0.4, 0.5) is 4.79 Å². The Balaban J connectivity index is 1.43. The number of hydrogen-bond donors (Lipinski definition) is 3. The van der Waals surface area contributed by atoms with Gasteiger partial charge in [-0.2, -0.15) is 0 Å². The fourth-order valence-electron chi connectivity index (χ4n) is 3.85. The molecule has 1 aliphatic carbocycles. The Morgan fingerprint density at radius 2 is 1.62 bits per heavy atom. The summed E-state index contributed by atoms with van der Waals surface area (Å²) in [6.07, 6.45) is 3.35. The van der Waals surface area contributed by atoms with Crippen molar-refractivity contribution in [2.45, 2.75) is 84.5 Å². The maximum Gasteiger partial charge on any atom is 0.315 e. The molecule has 1 heterocycles. The van der Waals surface area contributed by atoms with E-state index in [1.165, 1.54) is 11.3 Å². The van der Waals surface area contributed by atoms with E-state index in [4.69, 9.17) is 4.74 Å². The largest absolute Gasteiger partial charge is 0.486 e. The number of carbonyl (C=O) groups is 2. The molecule has 8 heteroatoms. The van der Waals surface area contributed by atoms with E-state index in [0.717, 1.165) is 47.6 Å². The van der Waals surface area contributed by atoms with E-state index >= 15 is 0 Å². The monoisotopic (exact) mass is 458 g/mol. The highest BCUT2D eigenvalue weighted by Crippen LogP contribution is 2.21. The Kier molecular flexibility index (Phi) is 7.77. The molecule has 0 radical (unpaired) electrons. The Bertz CT molecular complexity index is 923. The summed E-state index contributed by atoms with van der Waals surface area (Å²) in [6, 6.07) is 6.19. The second kappa shape index (κ2) is 10.3. The first-order valence-corrected chi connectivity index (χ1v) is 12.0. The number of thiazole rings is 1. The van der Waals surface area contributed by atoms with E-state index in [2.05, 4.69) is 27.0 Å². The van der Waals surface area contributed by atoms with E-state index in [1.807, 2.05) is 46.8 Å². The quantitative estimate of drug-likeness (QED) is 0.595. The summed E-state index contributed by atoms with van der Waals surface area (Å²) in [6.45, 7) is 10.3. The van der Waals surface area contributed by atoms with Gasteiger partial charge >= 0.3 is 6.03 Å². The molecule has 1 aromatic carbocycles. The van der Waals surface area contributed by atoms with Gasteiger partial charge in [-0.05, 0) is 83.6 Å². The number of aryl methyl sites for hydroxylation is 2. The van der Waals surface area contributed by atoms with Crippen LogP contribution in [0.25, 0.3) is 0 Å². The summed E-state index contributed by atoms with van der Waals surface area (Å²) < 4.78 is 5.85. The molecule has 3 amide bonds. The molecule has 0 spiro atoms. The predicted molar refractivity (Wildman–Crippen MR) is 127 cm³/mol. The van der Waals surface area contributed by atoms with Crippen LogP contribution < -0.4 is 20.7 Å². The topological polar surface area (TPSA) is 92.3 Å². The fraction of sp³-hybridized carbons (Fsp3) is 0.542. The van der Waals surface area contributed by atoms with Crippen LogP contribution in [0.3, 0.4) is 0 Å². The van der Waals surface area contributed by atoms with E-state index in [0.29, 0.717) is 12.3 Å². The molecule has 1 fully saturated rings. The number of nitrogens with one attached hydrogen (secondary N) is 3. The molecular formula is C24H34N4O3S. The highest BCUT2D eigenvalue weighted by molar-refractivity contribution is 7.09. The third kappa shape index (κ3) is 7.51. The molecule has 1 aliphatic rings. The van der Waals surface area contributed by atoms with Crippen molar-refractivity contribution < 1.29 is 14.3 Å². The number of rotatable bonds is 6. The van der Waals surface area contributed by atoms with Gasteiger partial charge < -0.3 is 20.7 Å². The number of benzene rings is 1. The van der Waals surface area contributed by atoms with Gasteiger partial charge in [0.2, 0.25) is 0 Å². The maximum atomic E-state index is 12.6. The van der Waals surface area contributed by atoms with Gasteiger partial charge in [0.15, 0.2) is 0 Å². The van der Waals surface area contributed by atoms with Crippen LogP contribution in [0, 0.1) is 13.8 Å². The van der Waals surface area contributed by atoms with Crippen molar-refractivity contribution >= 4 is 23.3 Å². The van der Waals surface area contributed by atoms with Crippen LogP contribution in [0.5, 0.6) is 5.75 Å². The number of ether oxygens (including phenoxy) is 1. The smallest absolute Gasteiger partial charge is 0.315 e. The Morgan fingerprint density at radius 1 is 1.03 bits per heavy atom. The zero-order chi connectivity index (χ0) is 23.3. The summed E-state index contributed by atoms with van der Waals surface area (Å²) in [5.74, 6) is 0.658. The van der Waals surface area contributed by atoms with Crippen LogP contribution in [0.1, 0.15) is 73.1 Å². The molecule has 0 aliphatic heterocycles. The van der Waals surface area contributed by atoms with Gasteiger partial charge in [-0.3, -0.25) is 4.79 Å². The lowest BCUT2D eigenvalue weighted by molar-refractivity contribution is 0.0919. The fourth-order valence-corrected chi connectivity index (χ4v) is 4.53. The van der Waals surface area contributed by atoms with Gasteiger partial charge in [-0.25, -0.2) is 9.78 Å². The van der Waals surface area contributed by atoms with E-state index in [9.17, 15) is 9.59 Å². The van der Waals surface area contributed by atoms with Crippen molar-refractivity contribution in [3.05, 3.63) is 45.4 Å². The average Bonchev–Trinajstić information content (AvgIpc) is 3.15. The first-order valence-electron chi connectivity index (χ1n) is 11.1. The lowest BCUT2D eigenvalue weighted by atomic mass is 9.91. The minimum atomic E-state index is -0.258. The van der Waals surface area contributed by atoms with Gasteiger partial charge in [0.05, 0.1) is 0 Å². The Labute approximate surface area is 194 Å². The Morgan fingerprint density at radius 3 is 2.22 bits per heavy atom. The van der Waals surface area contributed by atoms with Crippen molar-refractivity contribution in [1.29, 1.82) is 0 Å². The third-order valence-electron chi connectivity index (χ3n) is 5.23. The molecule has 7 nitrogen and oxygen atoms in total. The minimum absolute atomic E-state index is 0.0999. The first kappa shape index (κ1) is 24.0. The number of carbonyl (C=O) groups excluding carboxylic acids is 2. The molecule has 2 aromatic rings. The summed E-state index contributed by atoms with van der Waals surface area (Å²) in [5, 5.41) is 11.6. The number of aromatic nitrogens is 1. The Hall–Kier alpha value is -2.61. The average molecular weight is 459 g/mol. The zero-order valence-corrected chi connectivity index (χ0v) is 20.4. The van der Waals surface area contributed by atoms with E-state index in [-0.39, 0.29) is 29.6 Å². The predicted octanol–water partition coefficient (Wildman–Crippen LogP) is 4.48. The highest BCUT2D eigenvalue weighted by Gasteiger charge is 2.25. The van der Waals surface area contributed by atoms with E-state index in [1.54, 1.807) is 5.38 Å². The van der Waals surface area contributed by atoms with Crippen molar-refractivity contribution in [1.82, 2.24) is 20.9 Å². The zero-order valence-electron chi connectivity index (χ0n) is 19.6. The molecule has 3 N–H and O–H groups in total. The molecule has 1 aromatic heterocycles. The molecule has 0 saturated heterocycles. The molecular weight excluding hydrogens is 424 g/mol. The summed E-state index contributed by atoms with van der Waals surface area (Å²) in [7, 11) is 0. The molecule has 32 heavy (non-hydrogen) atoms. The summed E-state index contributed by atoms with van der Waals surface area (Å²) >= 11 is 1.43. The molecule has 174 valence electrons.